The molecule has 1 amide bonds. The van der Waals surface area contributed by atoms with Crippen molar-refractivity contribution >= 4 is 11.6 Å². The smallest absolute Gasteiger partial charge is 0.222 e. The van der Waals surface area contributed by atoms with Crippen LogP contribution in [0.15, 0.2) is 6.20 Å². The summed E-state index contributed by atoms with van der Waals surface area (Å²) in [6.45, 7) is 3.88. The molecule has 0 atom stereocenters. The van der Waals surface area contributed by atoms with E-state index in [1.165, 1.54) is 6.20 Å². The van der Waals surface area contributed by atoms with Gasteiger partial charge in [-0.2, -0.15) is 10.4 Å². The number of carbonyl (C=O) groups excluding carboxylic acids is 1. The monoisotopic (exact) mass is 297 g/mol. The number of rotatable bonds is 4. The number of hydrogen-bond donors (Lipinski definition) is 0. The van der Waals surface area contributed by atoms with Gasteiger partial charge in [0, 0.05) is 30.9 Å². The molecule has 1 aliphatic rings. The standard InChI is InChI=1S/C16H19N5O/c1-10-14(6-7-15(22)20(3)13-4-5-13)11(2)21-16(19-10)12(8-17)9-18-21/h9,13H,4-7H2,1-3H3. The van der Waals surface area contributed by atoms with Gasteiger partial charge in [0.05, 0.1) is 6.20 Å². The van der Waals surface area contributed by atoms with Gasteiger partial charge in [-0.25, -0.2) is 9.50 Å². The third-order valence-electron chi connectivity index (χ3n) is 4.41. The number of amides is 1. The molecule has 0 unspecified atom stereocenters. The lowest BCUT2D eigenvalue weighted by molar-refractivity contribution is -0.130. The Kier molecular flexibility index (Phi) is 3.57. The van der Waals surface area contributed by atoms with Crippen molar-refractivity contribution in [3.8, 4) is 6.07 Å². The van der Waals surface area contributed by atoms with Gasteiger partial charge in [0.1, 0.15) is 11.6 Å². The van der Waals surface area contributed by atoms with E-state index in [0.717, 1.165) is 29.8 Å². The minimum Gasteiger partial charge on any atom is -0.343 e. The molecule has 0 aliphatic heterocycles. The molecule has 0 spiro atoms. The molecule has 6 heteroatoms. The van der Waals surface area contributed by atoms with Gasteiger partial charge in [0.15, 0.2) is 5.65 Å². The lowest BCUT2D eigenvalue weighted by Crippen LogP contribution is -2.29. The Balaban J connectivity index is 1.84. The zero-order valence-electron chi connectivity index (χ0n) is 13.1. The summed E-state index contributed by atoms with van der Waals surface area (Å²) in [6, 6.07) is 2.55. The number of fused-ring (bicyclic) bond motifs is 1. The van der Waals surface area contributed by atoms with E-state index in [0.29, 0.717) is 30.1 Å². The second kappa shape index (κ2) is 5.41. The molecule has 3 rings (SSSR count). The fourth-order valence-electron chi connectivity index (χ4n) is 2.83. The fourth-order valence-corrected chi connectivity index (χ4v) is 2.83. The molecule has 1 saturated carbocycles. The maximum absolute atomic E-state index is 12.2. The van der Waals surface area contributed by atoms with Gasteiger partial charge in [-0.15, -0.1) is 0 Å². The quantitative estimate of drug-likeness (QED) is 0.862. The Hall–Kier alpha value is -2.42. The first kappa shape index (κ1) is 14.5. The van der Waals surface area contributed by atoms with Crippen molar-refractivity contribution in [1.29, 1.82) is 5.26 Å². The lowest BCUT2D eigenvalue weighted by atomic mass is 10.1. The van der Waals surface area contributed by atoms with Gasteiger partial charge in [0.2, 0.25) is 5.91 Å². The molecular weight excluding hydrogens is 278 g/mol. The molecule has 1 fully saturated rings. The van der Waals surface area contributed by atoms with Crippen molar-refractivity contribution in [3.63, 3.8) is 0 Å². The molecule has 6 nitrogen and oxygen atoms in total. The van der Waals surface area contributed by atoms with E-state index in [4.69, 9.17) is 5.26 Å². The fraction of sp³-hybridized carbons (Fsp3) is 0.500. The predicted octanol–water partition coefficient (Wildman–Crippen LogP) is 1.77. The summed E-state index contributed by atoms with van der Waals surface area (Å²) in [4.78, 5) is 18.5. The minimum absolute atomic E-state index is 0.180. The molecule has 0 saturated heterocycles. The molecule has 0 N–H and O–H groups in total. The lowest BCUT2D eigenvalue weighted by Gasteiger charge is -2.17. The second-order valence-corrected chi connectivity index (χ2v) is 5.90. The SMILES string of the molecule is Cc1nc2c(C#N)cnn2c(C)c1CCC(=O)N(C)C1CC1. The molecule has 22 heavy (non-hydrogen) atoms. The Morgan fingerprint density at radius 1 is 1.50 bits per heavy atom. The highest BCUT2D eigenvalue weighted by atomic mass is 16.2. The van der Waals surface area contributed by atoms with Gasteiger partial charge in [0.25, 0.3) is 0 Å². The van der Waals surface area contributed by atoms with E-state index in [9.17, 15) is 4.79 Å². The Labute approximate surface area is 129 Å². The molecule has 2 aromatic rings. The third-order valence-corrected chi connectivity index (χ3v) is 4.41. The largest absolute Gasteiger partial charge is 0.343 e. The molecule has 114 valence electrons. The maximum Gasteiger partial charge on any atom is 0.222 e. The van der Waals surface area contributed by atoms with Crippen molar-refractivity contribution < 1.29 is 4.79 Å². The maximum atomic E-state index is 12.2. The number of aryl methyl sites for hydroxylation is 2. The Bertz CT molecular complexity index is 782. The van der Waals surface area contributed by atoms with Crippen molar-refractivity contribution in [3.05, 3.63) is 28.7 Å². The Morgan fingerprint density at radius 3 is 2.86 bits per heavy atom. The molecular formula is C16H19N5O. The van der Waals surface area contributed by atoms with Gasteiger partial charge in [-0.3, -0.25) is 4.79 Å². The van der Waals surface area contributed by atoms with Crippen LogP contribution >= 0.6 is 0 Å². The molecule has 1 aliphatic carbocycles. The number of hydrogen-bond acceptors (Lipinski definition) is 4. The highest BCUT2D eigenvalue weighted by Crippen LogP contribution is 2.26. The number of nitrogens with zero attached hydrogens (tertiary/aromatic N) is 5. The van der Waals surface area contributed by atoms with Gasteiger partial charge < -0.3 is 4.90 Å². The minimum atomic E-state index is 0.180. The van der Waals surface area contributed by atoms with Crippen LogP contribution in [0.4, 0.5) is 0 Å². The average molecular weight is 297 g/mol. The molecule has 2 aromatic heterocycles. The first-order valence-electron chi connectivity index (χ1n) is 7.52. The predicted molar refractivity (Wildman–Crippen MR) is 81.3 cm³/mol. The topological polar surface area (TPSA) is 74.3 Å². The van der Waals surface area contributed by atoms with Crippen LogP contribution in [0.3, 0.4) is 0 Å². The molecule has 2 heterocycles. The van der Waals surface area contributed by atoms with Crippen LogP contribution in [0.2, 0.25) is 0 Å². The Morgan fingerprint density at radius 2 is 2.23 bits per heavy atom. The van der Waals surface area contributed by atoms with Crippen LogP contribution in [0.1, 0.15) is 41.8 Å². The summed E-state index contributed by atoms with van der Waals surface area (Å²) >= 11 is 0. The average Bonchev–Trinajstić information content (AvgIpc) is 3.26. The van der Waals surface area contributed by atoms with Crippen LogP contribution in [0.5, 0.6) is 0 Å². The van der Waals surface area contributed by atoms with Crippen molar-refractivity contribution in [1.82, 2.24) is 19.5 Å². The summed E-state index contributed by atoms with van der Waals surface area (Å²) in [5.74, 6) is 0.180. The van der Waals surface area contributed by atoms with Crippen molar-refractivity contribution in [2.24, 2.45) is 0 Å². The first-order chi connectivity index (χ1) is 10.5. The van der Waals surface area contributed by atoms with E-state index in [1.54, 1.807) is 4.52 Å². The third kappa shape index (κ3) is 2.43. The second-order valence-electron chi connectivity index (χ2n) is 5.90. The number of nitriles is 1. The van der Waals surface area contributed by atoms with Crippen LogP contribution in [-0.2, 0) is 11.2 Å². The van der Waals surface area contributed by atoms with Crippen LogP contribution < -0.4 is 0 Å². The molecule has 0 radical (unpaired) electrons. The summed E-state index contributed by atoms with van der Waals surface area (Å²) in [7, 11) is 1.88. The summed E-state index contributed by atoms with van der Waals surface area (Å²) in [5.41, 5.74) is 3.91. The molecule has 0 bridgehead atoms. The summed E-state index contributed by atoms with van der Waals surface area (Å²) in [5, 5.41) is 13.3. The van der Waals surface area contributed by atoms with Crippen molar-refractivity contribution in [2.75, 3.05) is 7.05 Å². The zero-order chi connectivity index (χ0) is 15.9. The van der Waals surface area contributed by atoms with E-state index in [2.05, 4.69) is 16.2 Å². The van der Waals surface area contributed by atoms with Crippen LogP contribution in [0.25, 0.3) is 5.65 Å². The van der Waals surface area contributed by atoms with Crippen molar-refractivity contribution in [2.45, 2.75) is 45.6 Å². The van der Waals surface area contributed by atoms with E-state index in [1.807, 2.05) is 25.8 Å². The first-order valence-corrected chi connectivity index (χ1v) is 7.52. The molecule has 0 aromatic carbocycles. The summed E-state index contributed by atoms with van der Waals surface area (Å²) in [6.07, 6.45) is 4.91. The zero-order valence-corrected chi connectivity index (χ0v) is 13.1. The van der Waals surface area contributed by atoms with Crippen LogP contribution in [0, 0.1) is 25.2 Å². The van der Waals surface area contributed by atoms with Gasteiger partial charge in [-0.05, 0) is 38.7 Å². The van der Waals surface area contributed by atoms with E-state index < -0.39 is 0 Å². The van der Waals surface area contributed by atoms with Crippen LogP contribution in [-0.4, -0.2) is 38.5 Å². The normalized spacial score (nSPS) is 14.1. The van der Waals surface area contributed by atoms with E-state index in [-0.39, 0.29) is 5.91 Å². The van der Waals surface area contributed by atoms with Gasteiger partial charge >= 0.3 is 0 Å². The van der Waals surface area contributed by atoms with E-state index >= 15 is 0 Å². The summed E-state index contributed by atoms with van der Waals surface area (Å²) < 4.78 is 1.69. The highest BCUT2D eigenvalue weighted by Gasteiger charge is 2.29. The number of aromatic nitrogens is 3. The highest BCUT2D eigenvalue weighted by molar-refractivity contribution is 5.77. The van der Waals surface area contributed by atoms with Gasteiger partial charge in [-0.1, -0.05) is 0 Å². The number of carbonyl (C=O) groups is 1.